The Balaban J connectivity index is 2.05. The molecule has 1 heterocycles. The number of nitrogens with two attached hydrogens (primary N) is 1. The predicted octanol–water partition coefficient (Wildman–Crippen LogP) is 3.14. The molecular weight excluding hydrogens is 228 g/mol. The number of rotatable bonds is 4. The average molecular weight is 244 g/mol. The number of pyridine rings is 1. The van der Waals surface area contributed by atoms with Gasteiger partial charge in [-0.3, -0.25) is 0 Å². The van der Waals surface area contributed by atoms with Gasteiger partial charge in [-0.15, -0.1) is 11.8 Å². The van der Waals surface area contributed by atoms with Crippen LogP contribution in [0.25, 0.3) is 0 Å². The topological polar surface area (TPSA) is 38.9 Å². The van der Waals surface area contributed by atoms with Gasteiger partial charge in [0.2, 0.25) is 0 Å². The van der Waals surface area contributed by atoms with Crippen molar-refractivity contribution in [3.63, 3.8) is 0 Å². The second-order valence-electron chi connectivity index (χ2n) is 3.92. The van der Waals surface area contributed by atoms with E-state index in [4.69, 9.17) is 5.73 Å². The van der Waals surface area contributed by atoms with Gasteiger partial charge in [-0.1, -0.05) is 24.3 Å². The molecule has 0 unspecified atom stereocenters. The molecule has 0 fully saturated rings. The minimum atomic E-state index is 0.570. The van der Waals surface area contributed by atoms with Crippen molar-refractivity contribution in [3.05, 3.63) is 59.3 Å². The first kappa shape index (κ1) is 12.1. The molecular formula is C14H16N2S. The zero-order valence-electron chi connectivity index (χ0n) is 9.89. The van der Waals surface area contributed by atoms with Crippen LogP contribution in [0.2, 0.25) is 0 Å². The summed E-state index contributed by atoms with van der Waals surface area (Å²) in [7, 11) is 0. The van der Waals surface area contributed by atoms with Crippen molar-refractivity contribution >= 4 is 11.8 Å². The fraction of sp³-hybridized carbons (Fsp3) is 0.214. The summed E-state index contributed by atoms with van der Waals surface area (Å²) in [6.07, 6.45) is 1.82. The fourth-order valence-electron chi connectivity index (χ4n) is 1.58. The Kier molecular flexibility index (Phi) is 4.18. The van der Waals surface area contributed by atoms with Crippen molar-refractivity contribution in [1.82, 2.24) is 4.98 Å². The van der Waals surface area contributed by atoms with E-state index < -0.39 is 0 Å². The Morgan fingerprint density at radius 1 is 1.24 bits per heavy atom. The van der Waals surface area contributed by atoms with Gasteiger partial charge in [0.05, 0.1) is 5.03 Å². The van der Waals surface area contributed by atoms with Crippen LogP contribution in [0, 0.1) is 6.92 Å². The van der Waals surface area contributed by atoms with E-state index in [-0.39, 0.29) is 0 Å². The lowest BCUT2D eigenvalue weighted by Gasteiger charge is -2.05. The highest BCUT2D eigenvalue weighted by Gasteiger charge is 2.00. The number of hydrogen-bond donors (Lipinski definition) is 1. The first-order valence-electron chi connectivity index (χ1n) is 5.62. The van der Waals surface area contributed by atoms with Crippen LogP contribution in [0.15, 0.2) is 47.6 Å². The van der Waals surface area contributed by atoms with Crippen molar-refractivity contribution in [2.75, 3.05) is 0 Å². The molecule has 2 nitrogen and oxygen atoms in total. The Bertz CT molecular complexity index is 497. The summed E-state index contributed by atoms with van der Waals surface area (Å²) in [5.74, 6) is 0.952. The van der Waals surface area contributed by atoms with Gasteiger partial charge >= 0.3 is 0 Å². The molecule has 1 aromatic carbocycles. The van der Waals surface area contributed by atoms with Gasteiger partial charge in [-0.25, -0.2) is 4.98 Å². The summed E-state index contributed by atoms with van der Waals surface area (Å²) in [5, 5.41) is 1.04. The highest BCUT2D eigenvalue weighted by atomic mass is 32.2. The Hall–Kier alpha value is -1.32. The quantitative estimate of drug-likeness (QED) is 0.840. The smallest absolute Gasteiger partial charge is 0.0966 e. The van der Waals surface area contributed by atoms with E-state index in [2.05, 4.69) is 42.2 Å². The zero-order chi connectivity index (χ0) is 12.1. The van der Waals surface area contributed by atoms with Crippen molar-refractivity contribution in [3.8, 4) is 0 Å². The highest BCUT2D eigenvalue weighted by molar-refractivity contribution is 7.98. The molecule has 1 aromatic heterocycles. The number of hydrogen-bond acceptors (Lipinski definition) is 3. The van der Waals surface area contributed by atoms with Gasteiger partial charge in [0.25, 0.3) is 0 Å². The average Bonchev–Trinajstić information content (AvgIpc) is 2.38. The summed E-state index contributed by atoms with van der Waals surface area (Å²) in [5.41, 5.74) is 9.43. The van der Waals surface area contributed by atoms with Crippen molar-refractivity contribution in [2.45, 2.75) is 24.2 Å². The number of benzene rings is 1. The fourth-order valence-corrected chi connectivity index (χ4v) is 2.58. The van der Waals surface area contributed by atoms with E-state index in [1.807, 2.05) is 12.3 Å². The molecule has 0 bridgehead atoms. The molecule has 0 aliphatic heterocycles. The molecule has 2 aromatic rings. The van der Waals surface area contributed by atoms with Crippen LogP contribution in [0.3, 0.4) is 0 Å². The second-order valence-corrected chi connectivity index (χ2v) is 4.92. The van der Waals surface area contributed by atoms with Crippen LogP contribution >= 0.6 is 11.8 Å². The second kappa shape index (κ2) is 5.84. The van der Waals surface area contributed by atoms with Gasteiger partial charge in [-0.05, 0) is 35.7 Å². The van der Waals surface area contributed by atoms with Crippen LogP contribution in [0.4, 0.5) is 0 Å². The Labute approximate surface area is 106 Å². The maximum absolute atomic E-state index is 5.61. The Morgan fingerprint density at radius 2 is 2.06 bits per heavy atom. The molecule has 2 rings (SSSR count). The Morgan fingerprint density at radius 3 is 2.82 bits per heavy atom. The number of aryl methyl sites for hydroxylation is 1. The monoisotopic (exact) mass is 244 g/mol. The minimum absolute atomic E-state index is 0.570. The molecule has 0 amide bonds. The van der Waals surface area contributed by atoms with Gasteiger partial charge < -0.3 is 5.73 Å². The van der Waals surface area contributed by atoms with Crippen LogP contribution in [-0.4, -0.2) is 4.98 Å². The van der Waals surface area contributed by atoms with Crippen LogP contribution in [0.5, 0.6) is 0 Å². The van der Waals surface area contributed by atoms with E-state index in [1.165, 1.54) is 11.1 Å². The summed E-state index contributed by atoms with van der Waals surface area (Å²) in [4.78, 5) is 4.34. The first-order chi connectivity index (χ1) is 8.29. The SMILES string of the molecule is Cc1ccccc1CSc1cc(CN)ccn1. The van der Waals surface area contributed by atoms with E-state index in [1.54, 1.807) is 11.8 Å². The molecule has 0 atom stereocenters. The maximum atomic E-state index is 5.61. The summed E-state index contributed by atoms with van der Waals surface area (Å²) in [6.45, 7) is 2.71. The third-order valence-electron chi connectivity index (χ3n) is 2.67. The van der Waals surface area contributed by atoms with Crippen LogP contribution < -0.4 is 5.73 Å². The zero-order valence-corrected chi connectivity index (χ0v) is 10.7. The van der Waals surface area contributed by atoms with Gasteiger partial charge in [0.1, 0.15) is 0 Å². The van der Waals surface area contributed by atoms with E-state index >= 15 is 0 Å². The molecule has 2 N–H and O–H groups in total. The van der Waals surface area contributed by atoms with Crippen LogP contribution in [0.1, 0.15) is 16.7 Å². The lowest BCUT2D eigenvalue weighted by atomic mass is 10.1. The molecule has 0 radical (unpaired) electrons. The normalized spacial score (nSPS) is 10.5. The summed E-state index contributed by atoms with van der Waals surface area (Å²) in [6, 6.07) is 12.5. The van der Waals surface area contributed by atoms with Gasteiger partial charge in [0, 0.05) is 18.5 Å². The number of nitrogens with zero attached hydrogens (tertiary/aromatic N) is 1. The molecule has 0 aliphatic rings. The standard InChI is InChI=1S/C14H16N2S/c1-11-4-2-3-5-13(11)10-17-14-8-12(9-15)6-7-16-14/h2-8H,9-10,15H2,1H3. The third-order valence-corrected chi connectivity index (χ3v) is 3.65. The van der Waals surface area contributed by atoms with Crippen LogP contribution in [-0.2, 0) is 12.3 Å². The molecule has 0 saturated carbocycles. The number of thioether (sulfide) groups is 1. The predicted molar refractivity (Wildman–Crippen MR) is 72.9 cm³/mol. The van der Waals surface area contributed by atoms with E-state index in [0.717, 1.165) is 16.3 Å². The molecule has 88 valence electrons. The van der Waals surface area contributed by atoms with Gasteiger partial charge in [-0.2, -0.15) is 0 Å². The molecule has 3 heteroatoms. The maximum Gasteiger partial charge on any atom is 0.0966 e. The third kappa shape index (κ3) is 3.32. The lowest BCUT2D eigenvalue weighted by molar-refractivity contribution is 1.02. The largest absolute Gasteiger partial charge is 0.326 e. The van der Waals surface area contributed by atoms with Gasteiger partial charge in [0.15, 0.2) is 0 Å². The summed E-state index contributed by atoms with van der Waals surface area (Å²) < 4.78 is 0. The lowest BCUT2D eigenvalue weighted by Crippen LogP contribution is -1.96. The molecule has 0 aliphatic carbocycles. The highest BCUT2D eigenvalue weighted by Crippen LogP contribution is 2.22. The summed E-state index contributed by atoms with van der Waals surface area (Å²) >= 11 is 1.75. The molecule has 17 heavy (non-hydrogen) atoms. The number of aromatic nitrogens is 1. The van der Waals surface area contributed by atoms with Crippen molar-refractivity contribution in [1.29, 1.82) is 0 Å². The molecule has 0 saturated heterocycles. The minimum Gasteiger partial charge on any atom is -0.326 e. The first-order valence-corrected chi connectivity index (χ1v) is 6.60. The molecule has 0 spiro atoms. The van der Waals surface area contributed by atoms with Crippen molar-refractivity contribution in [2.24, 2.45) is 5.73 Å². The van der Waals surface area contributed by atoms with E-state index in [0.29, 0.717) is 6.54 Å². The van der Waals surface area contributed by atoms with E-state index in [9.17, 15) is 0 Å². The van der Waals surface area contributed by atoms with Crippen molar-refractivity contribution < 1.29 is 0 Å².